The summed E-state index contributed by atoms with van der Waals surface area (Å²) in [7, 11) is 6.03. The van der Waals surface area contributed by atoms with Gasteiger partial charge in [0, 0.05) is 33.2 Å². The van der Waals surface area contributed by atoms with Crippen LogP contribution < -0.4 is 10.6 Å². The molecule has 0 bridgehead atoms. The standard InChI is InChI=1S/C23H32N6.HI/c1-18(28(3)17-19-10-6-5-7-11-19)14-15-25-23(24-2)26-16-22-27-20-12-8-9-13-21(20)29(22)4;/h5-13,18H,14-17H2,1-4H3,(H2,24,25,26);1H. The van der Waals surface area contributed by atoms with Gasteiger partial charge in [0.2, 0.25) is 0 Å². The maximum absolute atomic E-state index is 4.70. The van der Waals surface area contributed by atoms with E-state index < -0.39 is 0 Å². The van der Waals surface area contributed by atoms with Crippen molar-refractivity contribution >= 4 is 41.0 Å². The van der Waals surface area contributed by atoms with Crippen molar-refractivity contribution in [2.75, 3.05) is 20.6 Å². The fraction of sp³-hybridized carbons (Fsp3) is 0.391. The second kappa shape index (κ2) is 11.9. The number of fused-ring (bicyclic) bond motifs is 1. The molecular formula is C23H33IN6. The summed E-state index contributed by atoms with van der Waals surface area (Å²) >= 11 is 0. The quantitative estimate of drug-likeness (QED) is 0.270. The molecule has 30 heavy (non-hydrogen) atoms. The van der Waals surface area contributed by atoms with E-state index in [9.17, 15) is 0 Å². The topological polar surface area (TPSA) is 57.5 Å². The Morgan fingerprint density at radius 3 is 2.50 bits per heavy atom. The Morgan fingerprint density at radius 2 is 1.80 bits per heavy atom. The fourth-order valence-corrected chi connectivity index (χ4v) is 3.38. The normalized spacial score (nSPS) is 12.6. The Bertz CT molecular complexity index is 937. The fourth-order valence-electron chi connectivity index (χ4n) is 3.38. The molecule has 1 unspecified atom stereocenters. The molecule has 3 rings (SSSR count). The Balaban J connectivity index is 0.00000320. The number of guanidine groups is 1. The number of rotatable bonds is 8. The van der Waals surface area contributed by atoms with Crippen LogP contribution in [-0.4, -0.2) is 47.1 Å². The van der Waals surface area contributed by atoms with Gasteiger partial charge in [0.1, 0.15) is 5.82 Å². The highest BCUT2D eigenvalue weighted by atomic mass is 127. The average Bonchev–Trinajstić information content (AvgIpc) is 3.07. The number of aromatic nitrogens is 2. The Morgan fingerprint density at radius 1 is 1.10 bits per heavy atom. The minimum absolute atomic E-state index is 0. The molecule has 1 atom stereocenters. The number of benzene rings is 2. The number of nitrogens with one attached hydrogen (secondary N) is 2. The molecular weight excluding hydrogens is 487 g/mol. The molecule has 0 saturated heterocycles. The Labute approximate surface area is 196 Å². The molecule has 1 aromatic heterocycles. The lowest BCUT2D eigenvalue weighted by molar-refractivity contribution is 0.238. The van der Waals surface area contributed by atoms with E-state index in [-0.39, 0.29) is 24.0 Å². The molecule has 162 valence electrons. The molecule has 0 spiro atoms. The number of aliphatic imine (C=N–C) groups is 1. The highest BCUT2D eigenvalue weighted by Gasteiger charge is 2.11. The Hall–Kier alpha value is -2.13. The van der Waals surface area contributed by atoms with E-state index in [4.69, 9.17) is 4.98 Å². The monoisotopic (exact) mass is 520 g/mol. The van der Waals surface area contributed by atoms with Crippen LogP contribution >= 0.6 is 24.0 Å². The second-order valence-corrected chi connectivity index (χ2v) is 7.47. The van der Waals surface area contributed by atoms with Crippen LogP contribution in [0.15, 0.2) is 59.6 Å². The van der Waals surface area contributed by atoms with Crippen molar-refractivity contribution in [2.24, 2.45) is 12.0 Å². The van der Waals surface area contributed by atoms with Crippen molar-refractivity contribution in [3.8, 4) is 0 Å². The van der Waals surface area contributed by atoms with Gasteiger partial charge in [-0.3, -0.25) is 9.89 Å². The van der Waals surface area contributed by atoms with Gasteiger partial charge in [-0.25, -0.2) is 4.98 Å². The van der Waals surface area contributed by atoms with Crippen LogP contribution in [0.25, 0.3) is 11.0 Å². The molecule has 3 aromatic rings. The number of imidazole rings is 1. The van der Waals surface area contributed by atoms with Crippen molar-refractivity contribution in [3.05, 3.63) is 66.0 Å². The number of nitrogens with zero attached hydrogens (tertiary/aromatic N) is 4. The third-order valence-electron chi connectivity index (χ3n) is 5.40. The van der Waals surface area contributed by atoms with Gasteiger partial charge in [-0.15, -0.1) is 24.0 Å². The SMILES string of the molecule is CN=C(NCCC(C)N(C)Cc1ccccc1)NCc1nc2ccccc2n1C.I. The molecule has 0 amide bonds. The van der Waals surface area contributed by atoms with Gasteiger partial charge < -0.3 is 15.2 Å². The van der Waals surface area contributed by atoms with Crippen molar-refractivity contribution in [1.29, 1.82) is 0 Å². The van der Waals surface area contributed by atoms with Crippen LogP contribution in [0.3, 0.4) is 0 Å². The largest absolute Gasteiger partial charge is 0.356 e. The summed E-state index contributed by atoms with van der Waals surface area (Å²) in [5.74, 6) is 1.79. The molecule has 0 aliphatic rings. The summed E-state index contributed by atoms with van der Waals surface area (Å²) in [6.07, 6.45) is 1.04. The predicted molar refractivity (Wildman–Crippen MR) is 136 cm³/mol. The molecule has 2 N–H and O–H groups in total. The van der Waals surface area contributed by atoms with Gasteiger partial charge in [0.15, 0.2) is 5.96 Å². The van der Waals surface area contributed by atoms with E-state index in [1.807, 2.05) is 25.2 Å². The zero-order valence-electron chi connectivity index (χ0n) is 18.3. The molecule has 6 nitrogen and oxygen atoms in total. The van der Waals surface area contributed by atoms with Gasteiger partial charge in [-0.2, -0.15) is 0 Å². The lowest BCUT2D eigenvalue weighted by Gasteiger charge is -2.25. The predicted octanol–water partition coefficient (Wildman–Crippen LogP) is 3.77. The highest BCUT2D eigenvalue weighted by Crippen LogP contribution is 2.14. The number of hydrogen-bond donors (Lipinski definition) is 2. The smallest absolute Gasteiger partial charge is 0.191 e. The molecule has 0 saturated carbocycles. The lowest BCUT2D eigenvalue weighted by atomic mass is 10.1. The van der Waals surface area contributed by atoms with Gasteiger partial charge in [0.25, 0.3) is 0 Å². The number of hydrogen-bond acceptors (Lipinski definition) is 3. The zero-order valence-corrected chi connectivity index (χ0v) is 20.6. The van der Waals surface area contributed by atoms with Gasteiger partial charge in [-0.05, 0) is 38.1 Å². The summed E-state index contributed by atoms with van der Waals surface area (Å²) in [5.41, 5.74) is 3.50. The van der Waals surface area contributed by atoms with E-state index in [0.717, 1.165) is 42.3 Å². The van der Waals surface area contributed by atoms with Gasteiger partial charge in [-0.1, -0.05) is 42.5 Å². The first kappa shape index (κ1) is 24.1. The first-order chi connectivity index (χ1) is 14.1. The molecule has 7 heteroatoms. The second-order valence-electron chi connectivity index (χ2n) is 7.47. The molecule has 0 radical (unpaired) electrons. The van der Waals surface area contributed by atoms with Crippen LogP contribution in [0.4, 0.5) is 0 Å². The van der Waals surface area contributed by atoms with E-state index in [2.05, 4.69) is 75.5 Å². The number of aryl methyl sites for hydroxylation is 1. The molecule has 0 aliphatic carbocycles. The lowest BCUT2D eigenvalue weighted by Crippen LogP contribution is -2.40. The molecule has 0 fully saturated rings. The zero-order chi connectivity index (χ0) is 20.6. The minimum Gasteiger partial charge on any atom is -0.356 e. The van der Waals surface area contributed by atoms with Crippen molar-refractivity contribution in [3.63, 3.8) is 0 Å². The van der Waals surface area contributed by atoms with Crippen molar-refractivity contribution < 1.29 is 0 Å². The molecule has 1 heterocycles. The van der Waals surface area contributed by atoms with Gasteiger partial charge in [0.05, 0.1) is 17.6 Å². The minimum atomic E-state index is 0. The van der Waals surface area contributed by atoms with Crippen LogP contribution in [0.2, 0.25) is 0 Å². The van der Waals surface area contributed by atoms with Crippen LogP contribution in [0.5, 0.6) is 0 Å². The van der Waals surface area contributed by atoms with Crippen molar-refractivity contribution in [1.82, 2.24) is 25.1 Å². The van der Waals surface area contributed by atoms with E-state index in [1.54, 1.807) is 7.05 Å². The third kappa shape index (κ3) is 6.43. The van der Waals surface area contributed by atoms with E-state index >= 15 is 0 Å². The average molecular weight is 520 g/mol. The van der Waals surface area contributed by atoms with Crippen molar-refractivity contribution in [2.45, 2.75) is 32.5 Å². The summed E-state index contributed by atoms with van der Waals surface area (Å²) in [6, 6.07) is 19.3. The summed E-state index contributed by atoms with van der Waals surface area (Å²) in [4.78, 5) is 11.4. The maximum Gasteiger partial charge on any atom is 0.191 e. The van der Waals surface area contributed by atoms with E-state index in [1.165, 1.54) is 5.56 Å². The third-order valence-corrected chi connectivity index (χ3v) is 5.40. The van der Waals surface area contributed by atoms with E-state index in [0.29, 0.717) is 12.6 Å². The summed E-state index contributed by atoms with van der Waals surface area (Å²) < 4.78 is 2.12. The molecule has 2 aromatic carbocycles. The number of para-hydroxylation sites is 2. The number of halogens is 1. The first-order valence-electron chi connectivity index (χ1n) is 10.2. The summed E-state index contributed by atoms with van der Waals surface area (Å²) in [5, 5.41) is 6.79. The first-order valence-corrected chi connectivity index (χ1v) is 10.2. The Kier molecular flexibility index (Phi) is 9.58. The summed E-state index contributed by atoms with van der Waals surface area (Å²) in [6.45, 7) is 4.72. The molecule has 0 aliphatic heterocycles. The van der Waals surface area contributed by atoms with Crippen LogP contribution in [0, 0.1) is 0 Å². The highest BCUT2D eigenvalue weighted by molar-refractivity contribution is 14.0. The maximum atomic E-state index is 4.70. The van der Waals surface area contributed by atoms with Gasteiger partial charge >= 0.3 is 0 Å². The van der Waals surface area contributed by atoms with Crippen LogP contribution in [0.1, 0.15) is 24.7 Å². The van der Waals surface area contributed by atoms with Crippen LogP contribution in [-0.2, 0) is 20.1 Å².